The van der Waals surface area contributed by atoms with E-state index in [-0.39, 0.29) is 12.3 Å². The zero-order chi connectivity index (χ0) is 14.7. The third-order valence-corrected chi connectivity index (χ3v) is 3.08. The van der Waals surface area contributed by atoms with Gasteiger partial charge in [0.25, 0.3) is 0 Å². The Hall–Kier alpha value is -3.13. The van der Waals surface area contributed by atoms with Gasteiger partial charge in [0.1, 0.15) is 11.6 Å². The molecule has 0 aliphatic heterocycles. The lowest BCUT2D eigenvalue weighted by atomic mass is 10.1. The lowest BCUT2D eigenvalue weighted by molar-refractivity contribution is -0.115. The van der Waals surface area contributed by atoms with Crippen LogP contribution in [-0.4, -0.2) is 10.9 Å². The van der Waals surface area contributed by atoms with Gasteiger partial charge in [0.05, 0.1) is 17.7 Å². The maximum absolute atomic E-state index is 12.1. The van der Waals surface area contributed by atoms with Crippen LogP contribution in [0.3, 0.4) is 0 Å². The molecular formula is C16H11N3O2. The van der Waals surface area contributed by atoms with Crippen molar-refractivity contribution in [2.75, 3.05) is 5.32 Å². The van der Waals surface area contributed by atoms with Gasteiger partial charge in [-0.2, -0.15) is 5.26 Å². The molecule has 5 nitrogen and oxygen atoms in total. The highest BCUT2D eigenvalue weighted by atomic mass is 16.3. The largest absolute Gasteiger partial charge is 0.443 e. The van der Waals surface area contributed by atoms with E-state index in [0.29, 0.717) is 16.8 Å². The molecule has 5 heteroatoms. The number of para-hydroxylation sites is 1. The highest BCUT2D eigenvalue weighted by Crippen LogP contribution is 2.17. The van der Waals surface area contributed by atoms with E-state index in [0.717, 1.165) is 11.1 Å². The van der Waals surface area contributed by atoms with Crippen molar-refractivity contribution in [1.82, 2.24) is 4.98 Å². The number of anilines is 1. The van der Waals surface area contributed by atoms with Crippen molar-refractivity contribution < 1.29 is 9.21 Å². The van der Waals surface area contributed by atoms with Crippen LogP contribution in [0, 0.1) is 11.3 Å². The summed E-state index contributed by atoms with van der Waals surface area (Å²) in [4.78, 5) is 16.1. The first kappa shape index (κ1) is 12.9. The Bertz CT molecular complexity index is 846. The zero-order valence-corrected chi connectivity index (χ0v) is 11.0. The van der Waals surface area contributed by atoms with Crippen LogP contribution in [-0.2, 0) is 11.2 Å². The van der Waals surface area contributed by atoms with Crippen LogP contribution in [0.15, 0.2) is 53.3 Å². The molecule has 0 aliphatic rings. The van der Waals surface area contributed by atoms with Crippen LogP contribution in [0.2, 0.25) is 0 Å². The topological polar surface area (TPSA) is 78.9 Å². The molecule has 0 unspecified atom stereocenters. The number of carbonyl (C=O) groups is 1. The predicted octanol–water partition coefficient (Wildman–Crippen LogP) is 2.88. The van der Waals surface area contributed by atoms with Crippen molar-refractivity contribution in [1.29, 1.82) is 5.26 Å². The first-order valence-electron chi connectivity index (χ1n) is 6.37. The molecule has 21 heavy (non-hydrogen) atoms. The van der Waals surface area contributed by atoms with Crippen molar-refractivity contribution >= 4 is 22.7 Å². The van der Waals surface area contributed by atoms with Crippen molar-refractivity contribution in [2.24, 2.45) is 0 Å². The summed E-state index contributed by atoms with van der Waals surface area (Å²) in [6.45, 7) is 0. The van der Waals surface area contributed by atoms with E-state index in [1.54, 1.807) is 30.3 Å². The highest BCUT2D eigenvalue weighted by Gasteiger charge is 2.08. The molecule has 1 amide bonds. The lowest BCUT2D eigenvalue weighted by Crippen LogP contribution is -2.15. The van der Waals surface area contributed by atoms with Gasteiger partial charge in [-0.3, -0.25) is 4.79 Å². The second-order valence-electron chi connectivity index (χ2n) is 4.54. The number of fused-ring (bicyclic) bond motifs is 1. The molecule has 2 aromatic carbocycles. The standard InChI is InChI=1S/C16H11N3O2/c17-9-12-3-1-2-4-13(12)19-16(20)8-11-5-6-14-15(7-11)21-10-18-14/h1-7,10H,8H2,(H,19,20). The van der Waals surface area contributed by atoms with Gasteiger partial charge in [-0.25, -0.2) is 4.98 Å². The maximum atomic E-state index is 12.1. The molecule has 1 N–H and O–H groups in total. The second-order valence-corrected chi connectivity index (χ2v) is 4.54. The Morgan fingerprint density at radius 2 is 2.14 bits per heavy atom. The number of oxazole rings is 1. The minimum atomic E-state index is -0.184. The molecule has 0 fully saturated rings. The minimum Gasteiger partial charge on any atom is -0.443 e. The fraction of sp³-hybridized carbons (Fsp3) is 0.0625. The molecule has 0 aliphatic carbocycles. The fourth-order valence-corrected chi connectivity index (χ4v) is 2.08. The third kappa shape index (κ3) is 2.74. The van der Waals surface area contributed by atoms with Crippen LogP contribution in [0.1, 0.15) is 11.1 Å². The monoisotopic (exact) mass is 277 g/mol. The minimum absolute atomic E-state index is 0.184. The zero-order valence-electron chi connectivity index (χ0n) is 11.0. The molecule has 0 bridgehead atoms. The summed E-state index contributed by atoms with van der Waals surface area (Å²) >= 11 is 0. The Kier molecular flexibility index (Phi) is 3.36. The summed E-state index contributed by atoms with van der Waals surface area (Å²) in [7, 11) is 0. The van der Waals surface area contributed by atoms with Crippen molar-refractivity contribution in [2.45, 2.75) is 6.42 Å². The van der Waals surface area contributed by atoms with Crippen LogP contribution in [0.5, 0.6) is 0 Å². The van der Waals surface area contributed by atoms with Gasteiger partial charge in [-0.1, -0.05) is 18.2 Å². The average molecular weight is 277 g/mol. The summed E-state index contributed by atoms with van der Waals surface area (Å²) in [6, 6.07) is 14.4. The number of benzene rings is 2. The Morgan fingerprint density at radius 3 is 3.00 bits per heavy atom. The van der Waals surface area contributed by atoms with Gasteiger partial charge in [-0.05, 0) is 29.8 Å². The predicted molar refractivity (Wildman–Crippen MR) is 77.5 cm³/mol. The molecular weight excluding hydrogens is 266 g/mol. The number of carbonyl (C=O) groups excluding carboxylic acids is 1. The van der Waals surface area contributed by atoms with Crippen LogP contribution < -0.4 is 5.32 Å². The number of nitriles is 1. The van der Waals surface area contributed by atoms with Gasteiger partial charge in [-0.15, -0.1) is 0 Å². The molecule has 1 heterocycles. The first-order chi connectivity index (χ1) is 10.3. The number of hydrogen-bond acceptors (Lipinski definition) is 4. The number of rotatable bonds is 3. The molecule has 102 valence electrons. The fourth-order valence-electron chi connectivity index (χ4n) is 2.08. The van der Waals surface area contributed by atoms with E-state index in [1.165, 1.54) is 6.39 Å². The third-order valence-electron chi connectivity index (χ3n) is 3.08. The molecule has 3 aromatic rings. The summed E-state index contributed by atoms with van der Waals surface area (Å²) in [5.41, 5.74) is 3.19. The van der Waals surface area contributed by atoms with E-state index < -0.39 is 0 Å². The highest BCUT2D eigenvalue weighted by molar-refractivity contribution is 5.93. The molecule has 0 radical (unpaired) electrons. The number of nitrogens with zero attached hydrogens (tertiary/aromatic N) is 2. The summed E-state index contributed by atoms with van der Waals surface area (Å²) in [5.74, 6) is -0.184. The van der Waals surface area contributed by atoms with Gasteiger partial charge in [0.15, 0.2) is 12.0 Å². The van der Waals surface area contributed by atoms with Gasteiger partial charge < -0.3 is 9.73 Å². The number of amides is 1. The number of hydrogen-bond donors (Lipinski definition) is 1. The summed E-state index contributed by atoms with van der Waals surface area (Å²) in [6.07, 6.45) is 1.58. The SMILES string of the molecule is N#Cc1ccccc1NC(=O)Cc1ccc2ncoc2c1. The lowest BCUT2D eigenvalue weighted by Gasteiger charge is -2.06. The van der Waals surface area contributed by atoms with E-state index >= 15 is 0 Å². The Balaban J connectivity index is 1.75. The summed E-state index contributed by atoms with van der Waals surface area (Å²) < 4.78 is 5.21. The molecule has 3 rings (SSSR count). The number of nitrogens with one attached hydrogen (secondary N) is 1. The van der Waals surface area contributed by atoms with Gasteiger partial charge in [0, 0.05) is 0 Å². The van der Waals surface area contributed by atoms with Gasteiger partial charge in [0.2, 0.25) is 5.91 Å². The molecule has 1 aromatic heterocycles. The average Bonchev–Trinajstić information content (AvgIpc) is 2.95. The second kappa shape index (κ2) is 5.47. The molecule has 0 atom stereocenters. The molecule has 0 spiro atoms. The smallest absolute Gasteiger partial charge is 0.228 e. The normalized spacial score (nSPS) is 10.2. The van der Waals surface area contributed by atoms with E-state index in [4.69, 9.17) is 9.68 Å². The van der Waals surface area contributed by atoms with E-state index in [9.17, 15) is 4.79 Å². The van der Waals surface area contributed by atoms with Gasteiger partial charge >= 0.3 is 0 Å². The molecule has 0 saturated heterocycles. The van der Waals surface area contributed by atoms with Crippen molar-refractivity contribution in [3.05, 3.63) is 60.0 Å². The van der Waals surface area contributed by atoms with E-state index in [2.05, 4.69) is 10.3 Å². The van der Waals surface area contributed by atoms with E-state index in [1.807, 2.05) is 18.2 Å². The van der Waals surface area contributed by atoms with Crippen molar-refractivity contribution in [3.63, 3.8) is 0 Å². The molecule has 0 saturated carbocycles. The Labute approximate surface area is 120 Å². The quantitative estimate of drug-likeness (QED) is 0.798. The maximum Gasteiger partial charge on any atom is 0.228 e. The summed E-state index contributed by atoms with van der Waals surface area (Å²) in [5, 5.41) is 11.7. The van der Waals surface area contributed by atoms with Crippen molar-refractivity contribution in [3.8, 4) is 6.07 Å². The Morgan fingerprint density at radius 1 is 1.29 bits per heavy atom. The number of aromatic nitrogens is 1. The van der Waals surface area contributed by atoms with Crippen LogP contribution >= 0.6 is 0 Å². The van der Waals surface area contributed by atoms with Crippen LogP contribution in [0.4, 0.5) is 5.69 Å². The van der Waals surface area contributed by atoms with Crippen LogP contribution in [0.25, 0.3) is 11.1 Å². The first-order valence-corrected chi connectivity index (χ1v) is 6.37.